The summed E-state index contributed by atoms with van der Waals surface area (Å²) in [6.07, 6.45) is 3.60. The van der Waals surface area contributed by atoms with Crippen LogP contribution in [-0.4, -0.2) is 11.9 Å². The Morgan fingerprint density at radius 3 is 2.50 bits per heavy atom. The minimum atomic E-state index is 0.830. The van der Waals surface area contributed by atoms with E-state index in [-0.39, 0.29) is 0 Å². The summed E-state index contributed by atoms with van der Waals surface area (Å²) < 4.78 is 5.83. The Kier molecular flexibility index (Phi) is 5.89. The lowest BCUT2D eigenvalue weighted by Gasteiger charge is -2.12. The molecule has 0 fully saturated rings. The standard InChI is InChI=1S/C14H21BrO/c1-11-9-12(2)13(3)14(10-11)16-8-6-4-5-7-15/h9-10H,4-8H2,1-3H3. The predicted molar refractivity (Wildman–Crippen MR) is 73.8 cm³/mol. The Morgan fingerprint density at radius 2 is 1.81 bits per heavy atom. The molecule has 0 aromatic heterocycles. The van der Waals surface area contributed by atoms with Crippen molar-refractivity contribution in [3.8, 4) is 5.75 Å². The normalized spacial score (nSPS) is 10.5. The molecule has 2 heteroatoms. The van der Waals surface area contributed by atoms with E-state index in [1.54, 1.807) is 0 Å². The lowest BCUT2D eigenvalue weighted by molar-refractivity contribution is 0.304. The van der Waals surface area contributed by atoms with Gasteiger partial charge in [0, 0.05) is 5.33 Å². The molecular formula is C14H21BrO. The number of aryl methyl sites for hydroxylation is 2. The monoisotopic (exact) mass is 284 g/mol. The minimum Gasteiger partial charge on any atom is -0.493 e. The number of hydrogen-bond acceptors (Lipinski definition) is 1. The molecule has 0 radical (unpaired) electrons. The van der Waals surface area contributed by atoms with Gasteiger partial charge in [0.2, 0.25) is 0 Å². The van der Waals surface area contributed by atoms with Gasteiger partial charge in [0.1, 0.15) is 5.75 Å². The van der Waals surface area contributed by atoms with Crippen LogP contribution in [0.3, 0.4) is 0 Å². The molecular weight excluding hydrogens is 264 g/mol. The first-order valence-corrected chi connectivity index (χ1v) is 7.04. The summed E-state index contributed by atoms with van der Waals surface area (Å²) in [6.45, 7) is 7.21. The number of ether oxygens (including phenoxy) is 1. The van der Waals surface area contributed by atoms with Gasteiger partial charge in [-0.05, 0) is 62.8 Å². The zero-order valence-electron chi connectivity index (χ0n) is 10.5. The molecule has 0 bridgehead atoms. The van der Waals surface area contributed by atoms with E-state index in [0.29, 0.717) is 0 Å². The molecule has 0 aliphatic rings. The maximum atomic E-state index is 5.83. The van der Waals surface area contributed by atoms with E-state index in [1.807, 2.05) is 0 Å². The maximum Gasteiger partial charge on any atom is 0.122 e. The Labute approximate surface area is 107 Å². The van der Waals surface area contributed by atoms with Crippen LogP contribution in [0, 0.1) is 20.8 Å². The fraction of sp³-hybridized carbons (Fsp3) is 0.571. The van der Waals surface area contributed by atoms with Gasteiger partial charge in [0.25, 0.3) is 0 Å². The number of halogens is 1. The van der Waals surface area contributed by atoms with Gasteiger partial charge < -0.3 is 4.74 Å². The Morgan fingerprint density at radius 1 is 1.06 bits per heavy atom. The van der Waals surface area contributed by atoms with Crippen LogP contribution in [0.1, 0.15) is 36.0 Å². The summed E-state index contributed by atoms with van der Waals surface area (Å²) in [5.41, 5.74) is 3.86. The largest absolute Gasteiger partial charge is 0.493 e. The summed E-state index contributed by atoms with van der Waals surface area (Å²) >= 11 is 3.44. The number of hydrogen-bond donors (Lipinski definition) is 0. The molecule has 0 saturated carbocycles. The number of alkyl halides is 1. The van der Waals surface area contributed by atoms with E-state index in [0.717, 1.165) is 24.1 Å². The number of unbranched alkanes of at least 4 members (excludes halogenated alkanes) is 2. The van der Waals surface area contributed by atoms with E-state index in [4.69, 9.17) is 4.74 Å². The Balaban J connectivity index is 2.47. The van der Waals surface area contributed by atoms with Gasteiger partial charge >= 0.3 is 0 Å². The van der Waals surface area contributed by atoms with Crippen LogP contribution in [0.25, 0.3) is 0 Å². The van der Waals surface area contributed by atoms with Crippen molar-refractivity contribution in [3.63, 3.8) is 0 Å². The van der Waals surface area contributed by atoms with Crippen LogP contribution in [-0.2, 0) is 0 Å². The molecule has 0 unspecified atom stereocenters. The average molecular weight is 285 g/mol. The third kappa shape index (κ3) is 4.17. The first-order chi connectivity index (χ1) is 7.65. The molecule has 1 rings (SSSR count). The van der Waals surface area contributed by atoms with E-state index in [2.05, 4.69) is 48.8 Å². The van der Waals surface area contributed by atoms with Crippen LogP contribution in [0.5, 0.6) is 5.75 Å². The van der Waals surface area contributed by atoms with Crippen LogP contribution in [0.2, 0.25) is 0 Å². The second kappa shape index (κ2) is 6.95. The van der Waals surface area contributed by atoms with E-state index < -0.39 is 0 Å². The van der Waals surface area contributed by atoms with Crippen molar-refractivity contribution in [2.45, 2.75) is 40.0 Å². The van der Waals surface area contributed by atoms with Gasteiger partial charge in [-0.15, -0.1) is 0 Å². The smallest absolute Gasteiger partial charge is 0.122 e. The van der Waals surface area contributed by atoms with Crippen molar-refractivity contribution < 1.29 is 4.74 Å². The fourth-order valence-corrected chi connectivity index (χ4v) is 2.10. The predicted octanol–water partition coefficient (Wildman–Crippen LogP) is 4.56. The van der Waals surface area contributed by atoms with E-state index in [1.165, 1.54) is 29.5 Å². The van der Waals surface area contributed by atoms with Crippen molar-refractivity contribution in [2.75, 3.05) is 11.9 Å². The molecule has 0 aliphatic carbocycles. The van der Waals surface area contributed by atoms with Gasteiger partial charge in [0.05, 0.1) is 6.61 Å². The highest BCUT2D eigenvalue weighted by Crippen LogP contribution is 2.23. The van der Waals surface area contributed by atoms with Gasteiger partial charge in [-0.1, -0.05) is 22.0 Å². The zero-order chi connectivity index (χ0) is 12.0. The number of benzene rings is 1. The highest BCUT2D eigenvalue weighted by molar-refractivity contribution is 9.09. The van der Waals surface area contributed by atoms with Crippen LogP contribution >= 0.6 is 15.9 Å². The van der Waals surface area contributed by atoms with Crippen molar-refractivity contribution in [1.29, 1.82) is 0 Å². The minimum absolute atomic E-state index is 0.830. The topological polar surface area (TPSA) is 9.23 Å². The molecule has 0 spiro atoms. The lowest BCUT2D eigenvalue weighted by Crippen LogP contribution is -2.00. The zero-order valence-corrected chi connectivity index (χ0v) is 12.1. The molecule has 0 atom stereocenters. The summed E-state index contributed by atoms with van der Waals surface area (Å²) in [4.78, 5) is 0. The highest BCUT2D eigenvalue weighted by Gasteiger charge is 2.03. The Hall–Kier alpha value is -0.500. The lowest BCUT2D eigenvalue weighted by atomic mass is 10.1. The molecule has 0 amide bonds. The Bertz CT molecular complexity index is 334. The molecule has 1 nitrogen and oxygen atoms in total. The molecule has 1 aromatic rings. The number of rotatable bonds is 6. The van der Waals surface area contributed by atoms with Gasteiger partial charge in [-0.25, -0.2) is 0 Å². The van der Waals surface area contributed by atoms with Crippen molar-refractivity contribution in [3.05, 3.63) is 28.8 Å². The SMILES string of the molecule is Cc1cc(C)c(C)c(OCCCCCBr)c1. The first kappa shape index (κ1) is 13.6. The second-order valence-electron chi connectivity index (χ2n) is 4.30. The van der Waals surface area contributed by atoms with Crippen LogP contribution < -0.4 is 4.74 Å². The molecule has 1 aromatic carbocycles. The maximum absolute atomic E-state index is 5.83. The average Bonchev–Trinajstić information content (AvgIpc) is 2.24. The van der Waals surface area contributed by atoms with E-state index in [9.17, 15) is 0 Å². The third-order valence-electron chi connectivity index (χ3n) is 2.80. The van der Waals surface area contributed by atoms with Crippen molar-refractivity contribution in [2.24, 2.45) is 0 Å². The summed E-state index contributed by atoms with van der Waals surface area (Å²) in [6, 6.07) is 4.33. The second-order valence-corrected chi connectivity index (χ2v) is 5.10. The molecule has 0 N–H and O–H groups in total. The summed E-state index contributed by atoms with van der Waals surface area (Å²) in [5.74, 6) is 1.05. The highest BCUT2D eigenvalue weighted by atomic mass is 79.9. The molecule has 0 heterocycles. The molecule has 16 heavy (non-hydrogen) atoms. The molecule has 90 valence electrons. The summed E-state index contributed by atoms with van der Waals surface area (Å²) in [5, 5.41) is 1.09. The van der Waals surface area contributed by atoms with Gasteiger partial charge in [-0.3, -0.25) is 0 Å². The third-order valence-corrected chi connectivity index (χ3v) is 3.36. The quantitative estimate of drug-likeness (QED) is 0.550. The van der Waals surface area contributed by atoms with Crippen LogP contribution in [0.15, 0.2) is 12.1 Å². The molecule has 0 saturated heterocycles. The summed E-state index contributed by atoms with van der Waals surface area (Å²) in [7, 11) is 0. The first-order valence-electron chi connectivity index (χ1n) is 5.91. The molecule has 0 aliphatic heterocycles. The van der Waals surface area contributed by atoms with Crippen LogP contribution in [0.4, 0.5) is 0 Å². The van der Waals surface area contributed by atoms with Gasteiger partial charge in [-0.2, -0.15) is 0 Å². The fourth-order valence-electron chi connectivity index (χ4n) is 1.71. The van der Waals surface area contributed by atoms with Crippen molar-refractivity contribution in [1.82, 2.24) is 0 Å². The van der Waals surface area contributed by atoms with Gasteiger partial charge in [0.15, 0.2) is 0 Å². The van der Waals surface area contributed by atoms with E-state index >= 15 is 0 Å². The van der Waals surface area contributed by atoms with Crippen molar-refractivity contribution >= 4 is 15.9 Å².